The molecule has 0 N–H and O–H groups in total. The average Bonchev–Trinajstić information content (AvgIpc) is 3.37. The maximum Gasteiger partial charge on any atom is 0.144 e. The molecule has 3 aromatic heterocycles. The largest absolute Gasteiger partial charge is 0.370 e. The van der Waals surface area contributed by atoms with E-state index in [0.29, 0.717) is 16.6 Å². The van der Waals surface area contributed by atoms with Gasteiger partial charge in [0.2, 0.25) is 0 Å². The van der Waals surface area contributed by atoms with E-state index in [9.17, 15) is 5.26 Å². The topological polar surface area (TPSA) is 70.6 Å². The molecule has 0 unspecified atom stereocenters. The molecule has 7 heteroatoms. The average molecular weight is 429 g/mol. The van der Waals surface area contributed by atoms with E-state index in [1.54, 1.807) is 6.20 Å². The number of anilines is 1. The summed E-state index contributed by atoms with van der Waals surface area (Å²) in [5.74, 6) is 1.43. The lowest BCUT2D eigenvalue weighted by atomic mass is 10.0. The predicted molar refractivity (Wildman–Crippen MR) is 123 cm³/mol. The third kappa shape index (κ3) is 3.31. The Balaban J connectivity index is 1.78. The van der Waals surface area contributed by atoms with Gasteiger partial charge in [-0.2, -0.15) is 5.26 Å². The number of fused-ring (bicyclic) bond motifs is 1. The van der Waals surface area contributed by atoms with Crippen LogP contribution in [0.5, 0.6) is 0 Å². The lowest BCUT2D eigenvalue weighted by Gasteiger charge is -2.25. The number of halogens is 1. The van der Waals surface area contributed by atoms with Gasteiger partial charge in [-0.1, -0.05) is 24.6 Å². The highest BCUT2D eigenvalue weighted by atomic mass is 35.5. The second-order valence-electron chi connectivity index (χ2n) is 8.07. The van der Waals surface area contributed by atoms with E-state index in [0.717, 1.165) is 58.7 Å². The number of pyridine rings is 2. The van der Waals surface area contributed by atoms with Crippen LogP contribution < -0.4 is 4.90 Å². The van der Waals surface area contributed by atoms with Gasteiger partial charge in [0, 0.05) is 44.3 Å². The highest BCUT2D eigenvalue weighted by molar-refractivity contribution is 6.35. The molecule has 1 aliphatic rings. The van der Waals surface area contributed by atoms with Gasteiger partial charge in [0.1, 0.15) is 23.1 Å². The normalized spacial score (nSPS) is 16.1. The van der Waals surface area contributed by atoms with E-state index >= 15 is 0 Å². The Morgan fingerprint density at radius 2 is 2.03 bits per heavy atom. The zero-order chi connectivity index (χ0) is 21.5. The Hall–Kier alpha value is -3.43. The lowest BCUT2D eigenvalue weighted by Crippen LogP contribution is -2.21. The van der Waals surface area contributed by atoms with Crippen LogP contribution in [0.25, 0.3) is 33.5 Å². The van der Waals surface area contributed by atoms with Crippen LogP contribution in [-0.2, 0) is 7.05 Å². The SMILES string of the molecule is C[C@@H]1CCN(c2c(-c3ccnc(C#N)c3)cncc2-c2nc3c(Cl)cccc3n2C)C1. The van der Waals surface area contributed by atoms with Crippen LogP contribution in [0.2, 0.25) is 5.02 Å². The zero-order valence-corrected chi connectivity index (χ0v) is 18.1. The van der Waals surface area contributed by atoms with Gasteiger partial charge in [0.15, 0.2) is 0 Å². The molecule has 1 aliphatic heterocycles. The number of imidazole rings is 1. The van der Waals surface area contributed by atoms with Crippen molar-refractivity contribution in [2.24, 2.45) is 13.0 Å². The molecule has 31 heavy (non-hydrogen) atoms. The van der Waals surface area contributed by atoms with Gasteiger partial charge in [-0.3, -0.25) is 4.98 Å². The molecule has 0 aliphatic carbocycles. The summed E-state index contributed by atoms with van der Waals surface area (Å²) in [6, 6.07) is 11.7. The molecular formula is C24H21ClN6. The monoisotopic (exact) mass is 428 g/mol. The quantitative estimate of drug-likeness (QED) is 0.455. The standard InChI is InChI=1S/C24H21ClN6/c1-15-7-9-31(14-15)23-18(16-6-8-28-17(10-16)11-26)12-27-13-19(23)24-29-22-20(25)4-3-5-21(22)30(24)2/h3-6,8,10,12-13,15H,7,9,14H2,1-2H3/t15-/m1/s1. The summed E-state index contributed by atoms with van der Waals surface area (Å²) in [5, 5.41) is 9.97. The molecule has 6 nitrogen and oxygen atoms in total. The number of aryl methyl sites for hydroxylation is 1. The lowest BCUT2D eigenvalue weighted by molar-refractivity contribution is 0.659. The molecule has 1 fully saturated rings. The fraction of sp³-hybridized carbons (Fsp3) is 0.250. The van der Waals surface area contributed by atoms with E-state index in [1.165, 1.54) is 0 Å². The van der Waals surface area contributed by atoms with E-state index in [1.807, 2.05) is 49.8 Å². The van der Waals surface area contributed by atoms with Gasteiger partial charge in [-0.25, -0.2) is 9.97 Å². The molecule has 1 saturated heterocycles. The molecular weight excluding hydrogens is 408 g/mol. The molecule has 0 radical (unpaired) electrons. The number of benzene rings is 1. The van der Waals surface area contributed by atoms with Gasteiger partial charge < -0.3 is 9.47 Å². The molecule has 4 heterocycles. The maximum atomic E-state index is 9.34. The first kappa shape index (κ1) is 19.5. The molecule has 1 atom stereocenters. The summed E-state index contributed by atoms with van der Waals surface area (Å²) < 4.78 is 2.07. The molecule has 5 rings (SSSR count). The third-order valence-corrected chi connectivity index (χ3v) is 6.25. The Morgan fingerprint density at radius 3 is 2.77 bits per heavy atom. The Morgan fingerprint density at radius 1 is 1.19 bits per heavy atom. The number of nitriles is 1. The first-order chi connectivity index (χ1) is 15.1. The van der Waals surface area contributed by atoms with E-state index in [4.69, 9.17) is 16.6 Å². The number of hydrogen-bond donors (Lipinski definition) is 0. The Kier molecular flexibility index (Phi) is 4.84. The minimum Gasteiger partial charge on any atom is -0.370 e. The summed E-state index contributed by atoms with van der Waals surface area (Å²) in [6.45, 7) is 4.20. The molecule has 0 amide bonds. The van der Waals surface area contributed by atoms with Crippen molar-refractivity contribution in [2.45, 2.75) is 13.3 Å². The van der Waals surface area contributed by atoms with Crippen LogP contribution in [-0.4, -0.2) is 32.6 Å². The predicted octanol–water partition coefficient (Wildman–Crippen LogP) is 5.07. The van der Waals surface area contributed by atoms with Crippen LogP contribution in [0.1, 0.15) is 19.0 Å². The van der Waals surface area contributed by atoms with Crippen LogP contribution in [0, 0.1) is 17.2 Å². The summed E-state index contributed by atoms with van der Waals surface area (Å²) in [6.07, 6.45) is 6.55. The first-order valence-corrected chi connectivity index (χ1v) is 10.7. The highest BCUT2D eigenvalue weighted by Gasteiger charge is 2.27. The van der Waals surface area contributed by atoms with Crippen molar-refractivity contribution in [3.05, 3.63) is 59.6 Å². The minimum atomic E-state index is 0.387. The van der Waals surface area contributed by atoms with Crippen LogP contribution in [0.15, 0.2) is 48.9 Å². The van der Waals surface area contributed by atoms with Crippen molar-refractivity contribution in [3.8, 4) is 28.6 Å². The Labute approximate surface area is 185 Å². The van der Waals surface area contributed by atoms with Gasteiger partial charge >= 0.3 is 0 Å². The second kappa shape index (κ2) is 7.68. The molecule has 1 aromatic carbocycles. The highest BCUT2D eigenvalue weighted by Crippen LogP contribution is 2.41. The van der Waals surface area contributed by atoms with E-state index in [2.05, 4.69) is 32.4 Å². The fourth-order valence-electron chi connectivity index (χ4n) is 4.39. The number of para-hydroxylation sites is 1. The number of nitrogens with zero attached hydrogens (tertiary/aromatic N) is 6. The number of rotatable bonds is 3. The molecule has 0 spiro atoms. The summed E-state index contributed by atoms with van der Waals surface area (Å²) in [7, 11) is 2.00. The maximum absolute atomic E-state index is 9.34. The minimum absolute atomic E-state index is 0.387. The summed E-state index contributed by atoms with van der Waals surface area (Å²) in [4.78, 5) is 16.0. The van der Waals surface area contributed by atoms with Crippen molar-refractivity contribution in [1.82, 2.24) is 19.5 Å². The van der Waals surface area contributed by atoms with Gasteiger partial charge in [0.25, 0.3) is 0 Å². The first-order valence-electron chi connectivity index (χ1n) is 10.3. The van der Waals surface area contributed by atoms with Crippen LogP contribution in [0.3, 0.4) is 0 Å². The Bertz CT molecular complexity index is 1340. The molecule has 4 aromatic rings. The van der Waals surface area contributed by atoms with Crippen molar-refractivity contribution in [3.63, 3.8) is 0 Å². The fourth-order valence-corrected chi connectivity index (χ4v) is 4.60. The van der Waals surface area contributed by atoms with Crippen LogP contribution >= 0.6 is 11.6 Å². The van der Waals surface area contributed by atoms with Crippen molar-refractivity contribution in [2.75, 3.05) is 18.0 Å². The molecule has 154 valence electrons. The van der Waals surface area contributed by atoms with Gasteiger partial charge in [0.05, 0.1) is 21.8 Å². The second-order valence-corrected chi connectivity index (χ2v) is 8.47. The number of aromatic nitrogens is 4. The van der Waals surface area contributed by atoms with Crippen molar-refractivity contribution >= 4 is 28.3 Å². The summed E-state index contributed by atoms with van der Waals surface area (Å²) in [5.41, 5.74) is 6.09. The third-order valence-electron chi connectivity index (χ3n) is 5.95. The van der Waals surface area contributed by atoms with E-state index in [-0.39, 0.29) is 0 Å². The summed E-state index contributed by atoms with van der Waals surface area (Å²) >= 11 is 6.44. The van der Waals surface area contributed by atoms with Crippen molar-refractivity contribution < 1.29 is 0 Å². The van der Waals surface area contributed by atoms with Gasteiger partial charge in [-0.05, 0) is 42.2 Å². The van der Waals surface area contributed by atoms with Crippen molar-refractivity contribution in [1.29, 1.82) is 5.26 Å². The number of hydrogen-bond acceptors (Lipinski definition) is 5. The van der Waals surface area contributed by atoms with Gasteiger partial charge in [-0.15, -0.1) is 0 Å². The van der Waals surface area contributed by atoms with E-state index < -0.39 is 0 Å². The smallest absolute Gasteiger partial charge is 0.144 e. The molecule has 0 bridgehead atoms. The zero-order valence-electron chi connectivity index (χ0n) is 17.4. The molecule has 0 saturated carbocycles. The van der Waals surface area contributed by atoms with Crippen LogP contribution in [0.4, 0.5) is 5.69 Å².